The van der Waals surface area contributed by atoms with Gasteiger partial charge in [-0.1, -0.05) is 39.0 Å². The first kappa shape index (κ1) is 18.2. The number of piperazine rings is 1. The van der Waals surface area contributed by atoms with Gasteiger partial charge in [-0.2, -0.15) is 0 Å². The normalized spacial score (nSPS) is 22.5. The SMILES string of the molecule is CC(C)(C)Sc1ccccc1[C@@H](C1CCOCC1)N1CCNCC1. The van der Waals surface area contributed by atoms with Gasteiger partial charge in [0.1, 0.15) is 0 Å². The molecule has 1 N–H and O–H groups in total. The van der Waals surface area contributed by atoms with Gasteiger partial charge in [-0.15, -0.1) is 11.8 Å². The van der Waals surface area contributed by atoms with E-state index in [1.807, 2.05) is 11.8 Å². The van der Waals surface area contributed by atoms with Gasteiger partial charge in [-0.3, -0.25) is 4.90 Å². The van der Waals surface area contributed by atoms with Crippen molar-refractivity contribution in [3.63, 3.8) is 0 Å². The van der Waals surface area contributed by atoms with Crippen molar-refractivity contribution in [3.8, 4) is 0 Å². The van der Waals surface area contributed by atoms with Crippen molar-refractivity contribution in [1.82, 2.24) is 10.2 Å². The lowest BCUT2D eigenvalue weighted by Crippen LogP contribution is -2.47. The number of ether oxygens (including phenoxy) is 1. The quantitative estimate of drug-likeness (QED) is 0.833. The fourth-order valence-electron chi connectivity index (χ4n) is 3.89. The summed E-state index contributed by atoms with van der Waals surface area (Å²) in [4.78, 5) is 4.18. The van der Waals surface area contributed by atoms with Crippen molar-refractivity contribution < 1.29 is 4.74 Å². The van der Waals surface area contributed by atoms with Gasteiger partial charge in [-0.05, 0) is 30.4 Å². The summed E-state index contributed by atoms with van der Waals surface area (Å²) in [6, 6.07) is 9.63. The third-order valence-electron chi connectivity index (χ3n) is 4.91. The van der Waals surface area contributed by atoms with E-state index in [4.69, 9.17) is 4.74 Å². The van der Waals surface area contributed by atoms with Crippen molar-refractivity contribution in [2.45, 2.75) is 49.3 Å². The molecule has 3 rings (SSSR count). The lowest BCUT2D eigenvalue weighted by atomic mass is 9.85. The molecular formula is C20H32N2OS. The Labute approximate surface area is 151 Å². The standard InChI is InChI=1S/C20H32N2OS/c1-20(2,3)24-18-7-5-4-6-17(18)19(16-8-14-23-15-9-16)22-12-10-21-11-13-22/h4-7,16,19,21H,8-15H2,1-3H3/t19-/m1/s1. The Balaban J connectivity index is 1.92. The van der Waals surface area contributed by atoms with Gasteiger partial charge < -0.3 is 10.1 Å². The van der Waals surface area contributed by atoms with Crippen LogP contribution in [-0.4, -0.2) is 49.0 Å². The van der Waals surface area contributed by atoms with Gasteiger partial charge in [-0.25, -0.2) is 0 Å². The molecule has 2 saturated heterocycles. The Morgan fingerprint density at radius 3 is 2.46 bits per heavy atom. The zero-order valence-electron chi connectivity index (χ0n) is 15.4. The van der Waals surface area contributed by atoms with E-state index in [-0.39, 0.29) is 4.75 Å². The third kappa shape index (κ3) is 4.75. The number of hydrogen-bond acceptors (Lipinski definition) is 4. The van der Waals surface area contributed by atoms with Crippen LogP contribution in [0.2, 0.25) is 0 Å². The summed E-state index contributed by atoms with van der Waals surface area (Å²) in [5, 5.41) is 3.51. The van der Waals surface area contributed by atoms with E-state index in [9.17, 15) is 0 Å². The molecular weight excluding hydrogens is 316 g/mol. The summed E-state index contributed by atoms with van der Waals surface area (Å²) in [6.45, 7) is 13.3. The molecule has 1 atom stereocenters. The predicted octanol–water partition coefficient (Wildman–Crippen LogP) is 3.95. The topological polar surface area (TPSA) is 24.5 Å². The molecule has 1 aromatic carbocycles. The van der Waals surface area contributed by atoms with Crippen LogP contribution in [-0.2, 0) is 4.74 Å². The maximum absolute atomic E-state index is 5.65. The predicted molar refractivity (Wildman–Crippen MR) is 103 cm³/mol. The highest BCUT2D eigenvalue weighted by Gasteiger charge is 2.33. The van der Waals surface area contributed by atoms with Gasteiger partial charge in [0.25, 0.3) is 0 Å². The second-order valence-corrected chi connectivity index (χ2v) is 9.80. The van der Waals surface area contributed by atoms with Crippen molar-refractivity contribution in [3.05, 3.63) is 29.8 Å². The minimum absolute atomic E-state index is 0.236. The molecule has 2 heterocycles. The van der Waals surface area contributed by atoms with Gasteiger partial charge in [0, 0.05) is 55.1 Å². The molecule has 134 valence electrons. The molecule has 1 aromatic rings. The number of nitrogens with one attached hydrogen (secondary N) is 1. The molecule has 3 nitrogen and oxygen atoms in total. The van der Waals surface area contributed by atoms with Crippen molar-refractivity contribution in [2.24, 2.45) is 5.92 Å². The van der Waals surface area contributed by atoms with Crippen LogP contribution >= 0.6 is 11.8 Å². The number of benzene rings is 1. The first-order valence-corrected chi connectivity index (χ1v) is 10.2. The summed E-state index contributed by atoms with van der Waals surface area (Å²) >= 11 is 2.01. The molecule has 0 amide bonds. The van der Waals surface area contributed by atoms with Gasteiger partial charge >= 0.3 is 0 Å². The average molecular weight is 349 g/mol. The second-order valence-electron chi connectivity index (χ2n) is 7.93. The molecule has 0 aromatic heterocycles. The zero-order chi connectivity index (χ0) is 17.0. The highest BCUT2D eigenvalue weighted by Crippen LogP contribution is 2.42. The van der Waals surface area contributed by atoms with Crippen LogP contribution in [0.1, 0.15) is 45.2 Å². The first-order chi connectivity index (χ1) is 11.5. The second kappa shape index (κ2) is 8.22. The summed E-state index contributed by atoms with van der Waals surface area (Å²) in [5.74, 6) is 0.707. The van der Waals surface area contributed by atoms with Crippen molar-refractivity contribution in [2.75, 3.05) is 39.4 Å². The van der Waals surface area contributed by atoms with E-state index in [0.717, 1.165) is 39.4 Å². The van der Waals surface area contributed by atoms with Crippen LogP contribution in [0, 0.1) is 5.92 Å². The minimum Gasteiger partial charge on any atom is -0.381 e. The van der Waals surface area contributed by atoms with E-state index in [2.05, 4.69) is 55.3 Å². The van der Waals surface area contributed by atoms with Crippen LogP contribution in [0.25, 0.3) is 0 Å². The molecule has 2 aliphatic heterocycles. The summed E-state index contributed by atoms with van der Waals surface area (Å²) in [6.07, 6.45) is 2.37. The fraction of sp³-hybridized carbons (Fsp3) is 0.700. The van der Waals surface area contributed by atoms with E-state index in [0.29, 0.717) is 12.0 Å². The van der Waals surface area contributed by atoms with Gasteiger partial charge in [0.05, 0.1) is 0 Å². The molecule has 4 heteroatoms. The maximum Gasteiger partial charge on any atom is 0.0469 e. The number of nitrogens with zero attached hydrogens (tertiary/aromatic N) is 1. The molecule has 24 heavy (non-hydrogen) atoms. The zero-order valence-corrected chi connectivity index (χ0v) is 16.2. The highest BCUT2D eigenvalue weighted by atomic mass is 32.2. The van der Waals surface area contributed by atoms with Crippen LogP contribution in [0.15, 0.2) is 29.2 Å². The molecule has 2 aliphatic rings. The fourth-order valence-corrected chi connectivity index (χ4v) is 5.00. The van der Waals surface area contributed by atoms with Crippen LogP contribution < -0.4 is 5.32 Å². The van der Waals surface area contributed by atoms with Gasteiger partial charge in [0.2, 0.25) is 0 Å². The summed E-state index contributed by atoms with van der Waals surface area (Å²) < 4.78 is 5.88. The number of thioether (sulfide) groups is 1. The van der Waals surface area contributed by atoms with Crippen LogP contribution in [0.4, 0.5) is 0 Å². The molecule has 2 fully saturated rings. The lowest BCUT2D eigenvalue weighted by Gasteiger charge is -2.42. The Bertz CT molecular complexity index is 499. The minimum atomic E-state index is 0.236. The Hall–Kier alpha value is -0.550. The van der Waals surface area contributed by atoms with Gasteiger partial charge in [0.15, 0.2) is 0 Å². The highest BCUT2D eigenvalue weighted by molar-refractivity contribution is 8.00. The maximum atomic E-state index is 5.65. The van der Waals surface area contributed by atoms with Crippen LogP contribution in [0.5, 0.6) is 0 Å². The number of hydrogen-bond donors (Lipinski definition) is 1. The monoisotopic (exact) mass is 348 g/mol. The molecule has 0 unspecified atom stereocenters. The summed E-state index contributed by atoms with van der Waals surface area (Å²) in [7, 11) is 0. The van der Waals surface area contributed by atoms with E-state index < -0.39 is 0 Å². The number of rotatable bonds is 4. The molecule has 0 radical (unpaired) electrons. The molecule has 0 spiro atoms. The molecule has 0 bridgehead atoms. The first-order valence-electron chi connectivity index (χ1n) is 9.35. The van der Waals surface area contributed by atoms with Crippen LogP contribution in [0.3, 0.4) is 0 Å². The Morgan fingerprint density at radius 1 is 1.12 bits per heavy atom. The Morgan fingerprint density at radius 2 is 1.79 bits per heavy atom. The third-order valence-corrected chi connectivity index (χ3v) is 6.12. The van der Waals surface area contributed by atoms with E-state index in [1.54, 1.807) is 0 Å². The van der Waals surface area contributed by atoms with E-state index >= 15 is 0 Å². The smallest absolute Gasteiger partial charge is 0.0469 e. The average Bonchev–Trinajstić information content (AvgIpc) is 2.57. The summed E-state index contributed by atoms with van der Waals surface area (Å²) in [5.41, 5.74) is 1.53. The molecule has 0 saturated carbocycles. The van der Waals surface area contributed by atoms with E-state index in [1.165, 1.54) is 23.3 Å². The van der Waals surface area contributed by atoms with Crippen molar-refractivity contribution >= 4 is 11.8 Å². The lowest BCUT2D eigenvalue weighted by molar-refractivity contribution is 0.0205. The molecule has 0 aliphatic carbocycles. The van der Waals surface area contributed by atoms with Crippen molar-refractivity contribution in [1.29, 1.82) is 0 Å². The largest absolute Gasteiger partial charge is 0.381 e. The Kier molecular flexibility index (Phi) is 6.25.